The van der Waals surface area contributed by atoms with E-state index in [4.69, 9.17) is 23.8 Å². The van der Waals surface area contributed by atoms with Crippen LogP contribution in [-0.4, -0.2) is 15.0 Å². The molecule has 0 bridgehead atoms. The lowest BCUT2D eigenvalue weighted by Gasteiger charge is -2.11. The average Bonchev–Trinajstić information content (AvgIpc) is 3.85. The normalized spacial score (nSPS) is 11.9. The van der Waals surface area contributed by atoms with Crippen molar-refractivity contribution in [1.82, 2.24) is 15.0 Å². The molecule has 0 aliphatic rings. The van der Waals surface area contributed by atoms with Gasteiger partial charge in [0.1, 0.15) is 22.3 Å². The first kappa shape index (κ1) is 30.8. The molecule has 0 aliphatic heterocycles. The van der Waals surface area contributed by atoms with Crippen molar-refractivity contribution < 1.29 is 8.83 Å². The van der Waals surface area contributed by atoms with E-state index in [9.17, 15) is 0 Å². The number of nitrogens with zero attached hydrogens (tertiary/aromatic N) is 3. The molecule has 56 heavy (non-hydrogen) atoms. The number of para-hydroxylation sites is 2. The maximum absolute atomic E-state index is 6.85. The Bertz CT molecular complexity index is 3550. The van der Waals surface area contributed by atoms with Crippen molar-refractivity contribution in [2.75, 3.05) is 0 Å². The van der Waals surface area contributed by atoms with E-state index in [2.05, 4.69) is 121 Å². The van der Waals surface area contributed by atoms with Gasteiger partial charge >= 0.3 is 0 Å². The lowest BCUT2D eigenvalue weighted by atomic mass is 9.94. The molecule has 260 valence electrons. The topological polar surface area (TPSA) is 65.0 Å². The first-order valence-electron chi connectivity index (χ1n) is 18.8. The average molecular weight is 716 g/mol. The first-order chi connectivity index (χ1) is 27.7. The van der Waals surface area contributed by atoms with Crippen LogP contribution in [0.15, 0.2) is 185 Å². The number of benzene rings is 9. The van der Waals surface area contributed by atoms with E-state index in [1.54, 1.807) is 0 Å². The highest BCUT2D eigenvalue weighted by Crippen LogP contribution is 2.45. The van der Waals surface area contributed by atoms with Crippen molar-refractivity contribution in [3.63, 3.8) is 0 Å². The molecule has 0 saturated heterocycles. The second-order valence-corrected chi connectivity index (χ2v) is 14.3. The number of aromatic nitrogens is 3. The van der Waals surface area contributed by atoms with Gasteiger partial charge in [0.2, 0.25) is 0 Å². The van der Waals surface area contributed by atoms with Gasteiger partial charge in [0.25, 0.3) is 0 Å². The molecule has 12 rings (SSSR count). The Morgan fingerprint density at radius 3 is 1.82 bits per heavy atom. The van der Waals surface area contributed by atoms with Crippen LogP contribution in [0.3, 0.4) is 0 Å². The number of rotatable bonds is 4. The van der Waals surface area contributed by atoms with Crippen LogP contribution in [0.5, 0.6) is 0 Å². The largest absolute Gasteiger partial charge is 0.455 e. The van der Waals surface area contributed by atoms with Crippen molar-refractivity contribution in [2.45, 2.75) is 0 Å². The van der Waals surface area contributed by atoms with Gasteiger partial charge < -0.3 is 8.83 Å². The molecule has 0 N–H and O–H groups in total. The van der Waals surface area contributed by atoms with Gasteiger partial charge in [0, 0.05) is 49.2 Å². The Hall–Kier alpha value is -7.63. The fourth-order valence-electron chi connectivity index (χ4n) is 8.51. The number of hydrogen-bond acceptors (Lipinski definition) is 5. The lowest BCUT2D eigenvalue weighted by molar-refractivity contribution is 0.670. The summed E-state index contributed by atoms with van der Waals surface area (Å²) in [6.07, 6.45) is 0. The van der Waals surface area contributed by atoms with Crippen LogP contribution in [0, 0.1) is 0 Å². The van der Waals surface area contributed by atoms with Gasteiger partial charge in [-0.25, -0.2) is 15.0 Å². The molecule has 5 nitrogen and oxygen atoms in total. The fraction of sp³-hybridized carbons (Fsp3) is 0. The Labute approximate surface area is 320 Å². The summed E-state index contributed by atoms with van der Waals surface area (Å²) in [6, 6.07) is 60.9. The van der Waals surface area contributed by atoms with Crippen molar-refractivity contribution in [3.8, 4) is 45.3 Å². The lowest BCUT2D eigenvalue weighted by Crippen LogP contribution is -2.00. The molecule has 0 radical (unpaired) electrons. The van der Waals surface area contributed by atoms with Gasteiger partial charge in [-0.3, -0.25) is 0 Å². The zero-order valence-corrected chi connectivity index (χ0v) is 29.9. The summed E-state index contributed by atoms with van der Waals surface area (Å²) >= 11 is 0. The van der Waals surface area contributed by atoms with Crippen molar-refractivity contribution in [2.24, 2.45) is 0 Å². The standard InChI is InChI=1S/C51H29N3O2/c1-2-13-31(14-3-1)49-52-50(33-26-27-35-32(28-33)25-24-30-12-4-5-15-34(30)35)54-51(53-49)41-21-11-23-45-46(41)40-20-10-19-39(47(40)56-45)42-29-43-37-17-8-9-22-44(37)55-48(43)38-18-7-6-16-36(38)42/h1-29H. The van der Waals surface area contributed by atoms with Gasteiger partial charge in [-0.05, 0) is 56.8 Å². The number of furan rings is 2. The third-order valence-corrected chi connectivity index (χ3v) is 11.1. The molecular formula is C51H29N3O2. The smallest absolute Gasteiger partial charge is 0.164 e. The summed E-state index contributed by atoms with van der Waals surface area (Å²) in [7, 11) is 0. The predicted molar refractivity (Wildman–Crippen MR) is 229 cm³/mol. The summed E-state index contributed by atoms with van der Waals surface area (Å²) in [5, 5.41) is 11.1. The molecule has 3 heterocycles. The summed E-state index contributed by atoms with van der Waals surface area (Å²) < 4.78 is 13.3. The third kappa shape index (κ3) is 4.64. The number of fused-ring (bicyclic) bond motifs is 11. The van der Waals surface area contributed by atoms with Crippen LogP contribution < -0.4 is 0 Å². The van der Waals surface area contributed by atoms with E-state index in [-0.39, 0.29) is 0 Å². The van der Waals surface area contributed by atoms with Crippen LogP contribution in [0.4, 0.5) is 0 Å². The molecule has 3 aromatic heterocycles. The predicted octanol–water partition coefficient (Wildman–Crippen LogP) is 13.8. The maximum atomic E-state index is 6.85. The minimum atomic E-state index is 0.586. The SMILES string of the molecule is c1ccc(-c2nc(-c3ccc4c(ccc5ccccc54)c3)nc(-c3cccc4oc5c(-c6cc7c8ccccc8oc7c7ccccc67)cccc5c34)n2)cc1. The van der Waals surface area contributed by atoms with E-state index in [1.807, 2.05) is 54.6 Å². The zero-order valence-electron chi connectivity index (χ0n) is 29.9. The quantitative estimate of drug-likeness (QED) is 0.170. The van der Waals surface area contributed by atoms with Crippen molar-refractivity contribution in [1.29, 1.82) is 0 Å². The van der Waals surface area contributed by atoms with E-state index in [0.29, 0.717) is 17.5 Å². The monoisotopic (exact) mass is 715 g/mol. The van der Waals surface area contributed by atoms with E-state index >= 15 is 0 Å². The van der Waals surface area contributed by atoms with Crippen LogP contribution in [-0.2, 0) is 0 Å². The Balaban J connectivity index is 1.08. The summed E-state index contributed by atoms with van der Waals surface area (Å²) in [4.78, 5) is 15.4. The maximum Gasteiger partial charge on any atom is 0.164 e. The molecular weight excluding hydrogens is 687 g/mol. The van der Waals surface area contributed by atoms with Crippen LogP contribution in [0.25, 0.3) is 121 Å². The summed E-state index contributed by atoms with van der Waals surface area (Å²) in [5.74, 6) is 1.81. The zero-order chi connectivity index (χ0) is 36.7. The van der Waals surface area contributed by atoms with Crippen LogP contribution in [0.1, 0.15) is 0 Å². The molecule has 5 heteroatoms. The van der Waals surface area contributed by atoms with E-state index in [0.717, 1.165) is 87.9 Å². The highest BCUT2D eigenvalue weighted by Gasteiger charge is 2.22. The molecule has 0 saturated carbocycles. The molecule has 0 atom stereocenters. The Kier molecular flexibility index (Phi) is 6.56. The van der Waals surface area contributed by atoms with Crippen molar-refractivity contribution in [3.05, 3.63) is 176 Å². The van der Waals surface area contributed by atoms with Gasteiger partial charge in [0.05, 0.1) is 0 Å². The van der Waals surface area contributed by atoms with Crippen molar-refractivity contribution >= 4 is 76.2 Å². The second kappa shape index (κ2) is 11.9. The third-order valence-electron chi connectivity index (χ3n) is 11.1. The van der Waals surface area contributed by atoms with Gasteiger partial charge in [-0.2, -0.15) is 0 Å². The molecule has 0 aliphatic carbocycles. The minimum Gasteiger partial charge on any atom is -0.455 e. The molecule has 12 aromatic rings. The highest BCUT2D eigenvalue weighted by atomic mass is 16.3. The van der Waals surface area contributed by atoms with E-state index in [1.165, 1.54) is 16.2 Å². The van der Waals surface area contributed by atoms with Gasteiger partial charge in [-0.1, -0.05) is 152 Å². The highest BCUT2D eigenvalue weighted by molar-refractivity contribution is 6.22. The second-order valence-electron chi connectivity index (χ2n) is 14.3. The first-order valence-corrected chi connectivity index (χ1v) is 18.8. The minimum absolute atomic E-state index is 0.586. The van der Waals surface area contributed by atoms with Crippen LogP contribution in [0.2, 0.25) is 0 Å². The number of hydrogen-bond donors (Lipinski definition) is 0. The Morgan fingerprint density at radius 2 is 0.929 bits per heavy atom. The summed E-state index contributed by atoms with van der Waals surface area (Å²) in [5.41, 5.74) is 8.17. The summed E-state index contributed by atoms with van der Waals surface area (Å²) in [6.45, 7) is 0. The molecule has 9 aromatic carbocycles. The van der Waals surface area contributed by atoms with Gasteiger partial charge in [0.15, 0.2) is 17.5 Å². The molecule has 0 spiro atoms. The Morgan fingerprint density at radius 1 is 0.304 bits per heavy atom. The fourth-order valence-corrected chi connectivity index (χ4v) is 8.51. The molecule has 0 amide bonds. The molecule has 0 unspecified atom stereocenters. The molecule has 0 fully saturated rings. The van der Waals surface area contributed by atoms with Crippen LogP contribution >= 0.6 is 0 Å². The van der Waals surface area contributed by atoms with E-state index < -0.39 is 0 Å². The van der Waals surface area contributed by atoms with Gasteiger partial charge in [-0.15, -0.1) is 0 Å².